The van der Waals surface area contributed by atoms with Gasteiger partial charge in [-0.25, -0.2) is 4.98 Å². The van der Waals surface area contributed by atoms with Gasteiger partial charge in [0.25, 0.3) is 0 Å². The molecule has 1 atom stereocenters. The van der Waals surface area contributed by atoms with Gasteiger partial charge in [0.05, 0.1) is 44.5 Å². The molecule has 0 aliphatic carbocycles. The van der Waals surface area contributed by atoms with E-state index in [4.69, 9.17) is 20.9 Å². The number of thioether (sulfide) groups is 1. The van der Waals surface area contributed by atoms with Crippen molar-refractivity contribution in [1.82, 2.24) is 4.98 Å². The van der Waals surface area contributed by atoms with Gasteiger partial charge in [-0.2, -0.15) is 0 Å². The molecule has 0 saturated heterocycles. The topological polar surface area (TPSA) is 115 Å². The van der Waals surface area contributed by atoms with Gasteiger partial charge in [0, 0.05) is 16.5 Å². The third-order valence-electron chi connectivity index (χ3n) is 4.72. The number of thiophene rings is 1. The molecule has 3 N–H and O–H groups in total. The Morgan fingerprint density at radius 1 is 1.21 bits per heavy atom. The van der Waals surface area contributed by atoms with Gasteiger partial charge in [-0.15, -0.1) is 34.4 Å². The summed E-state index contributed by atoms with van der Waals surface area (Å²) in [5.74, 6) is 0.681. The number of nitrogens with two attached hydrogens (primary N) is 1. The lowest BCUT2D eigenvalue weighted by Crippen LogP contribution is -2.19. The summed E-state index contributed by atoms with van der Waals surface area (Å²) in [5.41, 5.74) is 9.15. The second kappa shape index (κ2) is 10.1. The van der Waals surface area contributed by atoms with E-state index in [0.717, 1.165) is 26.0 Å². The normalized spacial score (nSPS) is 11.8. The number of ether oxygens (including phenoxy) is 1. The molecule has 170 valence electrons. The summed E-state index contributed by atoms with van der Waals surface area (Å²) in [5, 5.41) is 10.5. The van der Waals surface area contributed by atoms with Crippen molar-refractivity contribution in [2.75, 3.05) is 17.7 Å². The van der Waals surface area contributed by atoms with Crippen LogP contribution in [0, 0.1) is 5.41 Å². The van der Waals surface area contributed by atoms with Gasteiger partial charge in [0.1, 0.15) is 16.6 Å². The molecule has 11 heteroatoms. The maximum Gasteiger partial charge on any atom is 0.133 e. The molecule has 0 saturated carbocycles. The number of amidine groups is 1. The van der Waals surface area contributed by atoms with Crippen LogP contribution in [0.3, 0.4) is 0 Å². The van der Waals surface area contributed by atoms with Gasteiger partial charge in [-0.3, -0.25) is 13.9 Å². The molecule has 0 radical (unpaired) electrons. The van der Waals surface area contributed by atoms with Crippen molar-refractivity contribution in [1.29, 1.82) is 5.41 Å². The van der Waals surface area contributed by atoms with Gasteiger partial charge >= 0.3 is 0 Å². The molecular formula is C22H19N4O3S4-. The molecule has 4 aromatic rings. The van der Waals surface area contributed by atoms with E-state index in [1.54, 1.807) is 61.3 Å². The highest BCUT2D eigenvalue weighted by molar-refractivity contribution is 8.00. The van der Waals surface area contributed by atoms with Crippen LogP contribution in [0.1, 0.15) is 4.88 Å². The molecule has 1 unspecified atom stereocenters. The average molecular weight is 516 g/mol. The zero-order valence-electron chi connectivity index (χ0n) is 17.6. The van der Waals surface area contributed by atoms with Crippen LogP contribution >= 0.6 is 34.4 Å². The van der Waals surface area contributed by atoms with Crippen molar-refractivity contribution in [3.8, 4) is 27.6 Å². The molecule has 4 rings (SSSR count). The number of aromatic nitrogens is 1. The lowest BCUT2D eigenvalue weighted by Gasteiger charge is -2.27. The first-order valence-electron chi connectivity index (χ1n) is 9.53. The van der Waals surface area contributed by atoms with Crippen LogP contribution in [0.4, 0.5) is 11.4 Å². The largest absolute Gasteiger partial charge is 0.755 e. The summed E-state index contributed by atoms with van der Waals surface area (Å²) < 4.78 is 31.6. The van der Waals surface area contributed by atoms with Crippen molar-refractivity contribution >= 4 is 62.9 Å². The van der Waals surface area contributed by atoms with E-state index >= 15 is 0 Å². The van der Waals surface area contributed by atoms with Crippen molar-refractivity contribution in [2.45, 2.75) is 4.21 Å². The molecule has 0 aliphatic heterocycles. The Bertz CT molecular complexity index is 1320. The Labute approximate surface area is 206 Å². The molecule has 33 heavy (non-hydrogen) atoms. The Morgan fingerprint density at radius 3 is 2.61 bits per heavy atom. The van der Waals surface area contributed by atoms with Gasteiger partial charge < -0.3 is 15.0 Å². The van der Waals surface area contributed by atoms with Crippen LogP contribution in [-0.4, -0.2) is 32.9 Å². The molecule has 2 heterocycles. The average Bonchev–Trinajstić information content (AvgIpc) is 3.47. The predicted molar refractivity (Wildman–Crippen MR) is 138 cm³/mol. The second-order valence-corrected chi connectivity index (χ2v) is 10.5. The summed E-state index contributed by atoms with van der Waals surface area (Å²) >= 11 is 2.04. The van der Waals surface area contributed by atoms with E-state index in [2.05, 4.69) is 0 Å². The van der Waals surface area contributed by atoms with Crippen LogP contribution in [0.25, 0.3) is 21.8 Å². The first-order valence-corrected chi connectivity index (χ1v) is 13.5. The summed E-state index contributed by atoms with van der Waals surface area (Å²) in [4.78, 5) is 5.49. The van der Waals surface area contributed by atoms with E-state index in [-0.39, 0.29) is 5.84 Å². The highest BCUT2D eigenvalue weighted by Gasteiger charge is 2.17. The maximum absolute atomic E-state index is 12.1. The number of nitrogens with zero attached hydrogens (tertiary/aromatic N) is 2. The predicted octanol–water partition coefficient (Wildman–Crippen LogP) is 5.49. The number of hydrogen-bond acceptors (Lipinski definition) is 8. The zero-order chi connectivity index (χ0) is 23.5. The van der Waals surface area contributed by atoms with Gasteiger partial charge in [0.2, 0.25) is 0 Å². The number of hydrogen-bond donors (Lipinski definition) is 2. The monoisotopic (exact) mass is 515 g/mol. The van der Waals surface area contributed by atoms with E-state index < -0.39 is 11.3 Å². The molecule has 7 nitrogen and oxygen atoms in total. The summed E-state index contributed by atoms with van der Waals surface area (Å²) in [7, 11) is 1.56. The Balaban J connectivity index is 1.69. The lowest BCUT2D eigenvalue weighted by atomic mass is 10.1. The van der Waals surface area contributed by atoms with Gasteiger partial charge in [-0.1, -0.05) is 12.1 Å². The number of anilines is 2. The fourth-order valence-corrected chi connectivity index (χ4v) is 6.46. The maximum atomic E-state index is 12.1. The fraction of sp³-hybridized carbons (Fsp3) is 0.0909. The van der Waals surface area contributed by atoms with Crippen molar-refractivity contribution in [3.05, 3.63) is 64.9 Å². The van der Waals surface area contributed by atoms with Gasteiger partial charge in [-0.05, 0) is 48.7 Å². The Hall–Kier alpha value is -2.70. The fourth-order valence-electron chi connectivity index (χ4n) is 3.17. The molecule has 2 aromatic heterocycles. The SMILES string of the molecule is COc1ccc(N(c2cccc(-c3csc(-c4cc(C(=N)N)sc4SC)n3)c2)S(=O)[O-])cc1. The van der Waals surface area contributed by atoms with Crippen molar-refractivity contribution in [2.24, 2.45) is 5.73 Å². The minimum absolute atomic E-state index is 0.0373. The first kappa shape index (κ1) is 23.5. The standard InChI is InChI=1S/C22H20N4O3S4/c1-29-16-8-6-14(7-9-16)26(33(27)28)15-5-3-4-13(10-15)18-12-31-21(25-18)17-11-19(20(23)24)32-22(17)30-2/h3-12H,1-2H3,(H3,23,24)(H,27,28)/p-1. The molecular weight excluding hydrogens is 497 g/mol. The number of rotatable bonds is 8. The molecule has 2 aromatic carbocycles. The van der Waals surface area contributed by atoms with E-state index in [9.17, 15) is 8.76 Å². The lowest BCUT2D eigenvalue weighted by molar-refractivity contribution is 0.415. The quantitative estimate of drug-likeness (QED) is 0.139. The van der Waals surface area contributed by atoms with Crippen LogP contribution in [0.2, 0.25) is 0 Å². The van der Waals surface area contributed by atoms with E-state index in [1.165, 1.54) is 27.0 Å². The Kier molecular flexibility index (Phi) is 7.15. The van der Waals surface area contributed by atoms with Crippen LogP contribution in [0.5, 0.6) is 5.75 Å². The number of benzene rings is 2. The van der Waals surface area contributed by atoms with Crippen molar-refractivity contribution in [3.63, 3.8) is 0 Å². The molecule has 0 amide bonds. The van der Waals surface area contributed by atoms with Crippen LogP contribution in [-0.2, 0) is 11.3 Å². The van der Waals surface area contributed by atoms with Crippen LogP contribution in [0.15, 0.2) is 64.2 Å². The second-order valence-electron chi connectivity index (χ2n) is 6.73. The number of thiazole rings is 1. The minimum Gasteiger partial charge on any atom is -0.755 e. The summed E-state index contributed by atoms with van der Waals surface area (Å²) in [6.07, 6.45) is 1.98. The third-order valence-corrected chi connectivity index (χ3v) is 8.61. The number of methoxy groups -OCH3 is 1. The molecule has 0 fully saturated rings. The number of nitrogen functional groups attached to an aromatic ring is 1. The van der Waals surface area contributed by atoms with Crippen LogP contribution < -0.4 is 14.8 Å². The molecule has 0 bridgehead atoms. The zero-order valence-corrected chi connectivity index (χ0v) is 20.9. The minimum atomic E-state index is -2.52. The van der Waals surface area contributed by atoms with E-state index in [1.807, 2.05) is 23.8 Å². The molecule has 0 aliphatic rings. The van der Waals surface area contributed by atoms with Gasteiger partial charge in [0.15, 0.2) is 0 Å². The third kappa shape index (κ3) is 4.97. The van der Waals surface area contributed by atoms with E-state index in [0.29, 0.717) is 22.0 Å². The first-order chi connectivity index (χ1) is 15.9. The summed E-state index contributed by atoms with van der Waals surface area (Å²) in [6, 6.07) is 15.9. The highest BCUT2D eigenvalue weighted by Crippen LogP contribution is 2.40. The summed E-state index contributed by atoms with van der Waals surface area (Å²) in [6.45, 7) is 0. The Morgan fingerprint density at radius 2 is 1.97 bits per heavy atom. The number of nitrogens with one attached hydrogen (secondary N) is 1. The highest BCUT2D eigenvalue weighted by atomic mass is 32.2. The van der Waals surface area contributed by atoms with Crippen molar-refractivity contribution < 1.29 is 13.5 Å². The molecule has 0 spiro atoms. The smallest absolute Gasteiger partial charge is 0.133 e.